The highest BCUT2D eigenvalue weighted by Gasteiger charge is 2.36. The standard InChI is InChI=1S/C30H43N3O5S/c1-30(2)21-25(27-20-26(13-14-28(27)38-30)37-22-24-10-5-3-6-11-24)23-39(35,36)32-15-9-12-29(34)31-16-19-33-17-7-4-8-18-33/h3,5-6,10-11,13-14,20,25,32H,4,7-9,12,15-19,21-23H2,1-2H3,(H,31,34). The zero-order valence-corrected chi connectivity index (χ0v) is 24.1. The zero-order chi connectivity index (χ0) is 27.7. The van der Waals surface area contributed by atoms with E-state index in [0.29, 0.717) is 43.9 Å². The van der Waals surface area contributed by atoms with Gasteiger partial charge in [0.2, 0.25) is 15.9 Å². The molecular formula is C30H43N3O5S. The second-order valence-corrected chi connectivity index (χ2v) is 13.1. The molecule has 2 heterocycles. The lowest BCUT2D eigenvalue weighted by molar-refractivity contribution is -0.121. The molecule has 1 atom stereocenters. The Morgan fingerprint density at radius 1 is 1.08 bits per heavy atom. The summed E-state index contributed by atoms with van der Waals surface area (Å²) in [4.78, 5) is 14.6. The van der Waals surface area contributed by atoms with Gasteiger partial charge in [0.25, 0.3) is 0 Å². The number of fused-ring (bicyclic) bond motifs is 1. The lowest BCUT2D eigenvalue weighted by Crippen LogP contribution is -2.39. The molecule has 2 N–H and O–H groups in total. The number of ether oxygens (including phenoxy) is 2. The first kappa shape index (κ1) is 29.4. The van der Waals surface area contributed by atoms with Crippen molar-refractivity contribution in [2.45, 2.75) is 70.5 Å². The lowest BCUT2D eigenvalue weighted by Gasteiger charge is -2.37. The van der Waals surface area contributed by atoms with E-state index in [1.165, 1.54) is 19.3 Å². The van der Waals surface area contributed by atoms with Gasteiger partial charge in [-0.1, -0.05) is 36.8 Å². The van der Waals surface area contributed by atoms with Crippen molar-refractivity contribution in [2.75, 3.05) is 38.5 Å². The number of nitrogens with one attached hydrogen (secondary N) is 2. The molecule has 2 aliphatic rings. The minimum absolute atomic E-state index is 0.0330. The van der Waals surface area contributed by atoms with Gasteiger partial charge in [-0.15, -0.1) is 0 Å². The molecule has 2 aromatic rings. The minimum atomic E-state index is -3.56. The summed E-state index contributed by atoms with van der Waals surface area (Å²) in [7, 11) is -3.56. The molecule has 2 aromatic carbocycles. The molecule has 4 rings (SSSR count). The average Bonchev–Trinajstić information content (AvgIpc) is 2.90. The minimum Gasteiger partial charge on any atom is -0.489 e. The lowest BCUT2D eigenvalue weighted by atomic mass is 9.85. The van der Waals surface area contributed by atoms with Crippen molar-refractivity contribution in [3.05, 3.63) is 59.7 Å². The zero-order valence-electron chi connectivity index (χ0n) is 23.3. The van der Waals surface area contributed by atoms with Gasteiger partial charge >= 0.3 is 0 Å². The van der Waals surface area contributed by atoms with Crippen molar-refractivity contribution in [3.8, 4) is 11.5 Å². The third kappa shape index (κ3) is 9.51. The second kappa shape index (κ2) is 13.6. The van der Waals surface area contributed by atoms with Gasteiger partial charge in [-0.3, -0.25) is 4.79 Å². The molecule has 0 saturated carbocycles. The Kier molecular flexibility index (Phi) is 10.3. The first-order valence-corrected chi connectivity index (χ1v) is 15.8. The van der Waals surface area contributed by atoms with E-state index in [1.807, 2.05) is 62.4 Å². The predicted octanol–water partition coefficient (Wildman–Crippen LogP) is 4.21. The first-order chi connectivity index (χ1) is 18.7. The number of rotatable bonds is 13. The summed E-state index contributed by atoms with van der Waals surface area (Å²) in [5, 5.41) is 2.96. The average molecular weight is 558 g/mol. The summed E-state index contributed by atoms with van der Waals surface area (Å²) in [5.74, 6) is 1.06. The second-order valence-electron chi connectivity index (χ2n) is 11.3. The van der Waals surface area contributed by atoms with Crippen molar-refractivity contribution < 1.29 is 22.7 Å². The summed E-state index contributed by atoms with van der Waals surface area (Å²) in [5.41, 5.74) is 1.43. The fraction of sp³-hybridized carbons (Fsp3) is 0.567. The molecule has 0 aromatic heterocycles. The van der Waals surface area contributed by atoms with E-state index in [2.05, 4.69) is 14.9 Å². The molecule has 1 amide bonds. The van der Waals surface area contributed by atoms with Gasteiger partial charge in [0.15, 0.2) is 0 Å². The van der Waals surface area contributed by atoms with Crippen LogP contribution >= 0.6 is 0 Å². The largest absolute Gasteiger partial charge is 0.489 e. The number of nitrogens with zero attached hydrogens (tertiary/aromatic N) is 1. The highest BCUT2D eigenvalue weighted by molar-refractivity contribution is 7.89. The number of hydrogen-bond donors (Lipinski definition) is 2. The van der Waals surface area contributed by atoms with Crippen LogP contribution < -0.4 is 19.5 Å². The van der Waals surface area contributed by atoms with Crippen molar-refractivity contribution in [2.24, 2.45) is 0 Å². The molecule has 2 aliphatic heterocycles. The van der Waals surface area contributed by atoms with Crippen molar-refractivity contribution >= 4 is 15.9 Å². The van der Waals surface area contributed by atoms with Crippen LogP contribution in [-0.2, 0) is 21.4 Å². The van der Waals surface area contributed by atoms with Crippen LogP contribution in [-0.4, -0.2) is 63.3 Å². The smallest absolute Gasteiger partial charge is 0.220 e. The fourth-order valence-electron chi connectivity index (χ4n) is 5.39. The Balaban J connectivity index is 1.26. The van der Waals surface area contributed by atoms with E-state index in [9.17, 15) is 13.2 Å². The molecule has 0 bridgehead atoms. The number of benzene rings is 2. The molecule has 1 saturated heterocycles. The number of sulfonamides is 1. The number of carbonyl (C=O) groups is 1. The number of hydrogen-bond acceptors (Lipinski definition) is 6. The highest BCUT2D eigenvalue weighted by Crippen LogP contribution is 2.43. The van der Waals surface area contributed by atoms with Crippen LogP contribution in [0.3, 0.4) is 0 Å². The predicted molar refractivity (Wildman–Crippen MR) is 154 cm³/mol. The molecule has 9 heteroatoms. The van der Waals surface area contributed by atoms with E-state index in [0.717, 1.165) is 30.8 Å². The SMILES string of the molecule is CC1(C)CC(CS(=O)(=O)NCCCC(=O)NCCN2CCCCC2)c2cc(OCc3ccccc3)ccc2O1. The van der Waals surface area contributed by atoms with Crippen molar-refractivity contribution in [1.82, 2.24) is 14.9 Å². The van der Waals surface area contributed by atoms with Crippen LogP contribution in [0.25, 0.3) is 0 Å². The number of carbonyl (C=O) groups excluding carboxylic acids is 1. The third-order valence-electron chi connectivity index (χ3n) is 7.32. The quantitative estimate of drug-likeness (QED) is 0.358. The van der Waals surface area contributed by atoms with Crippen LogP contribution in [0, 0.1) is 0 Å². The molecule has 0 radical (unpaired) electrons. The van der Waals surface area contributed by atoms with E-state index in [-0.39, 0.29) is 24.1 Å². The molecule has 0 aliphatic carbocycles. The Bertz CT molecular complexity index is 1180. The van der Waals surface area contributed by atoms with Gasteiger partial charge in [-0.2, -0.15) is 0 Å². The van der Waals surface area contributed by atoms with Gasteiger partial charge in [-0.25, -0.2) is 13.1 Å². The molecule has 1 fully saturated rings. The summed E-state index contributed by atoms with van der Waals surface area (Å²) in [6, 6.07) is 15.6. The first-order valence-electron chi connectivity index (χ1n) is 14.2. The van der Waals surface area contributed by atoms with Crippen molar-refractivity contribution in [3.63, 3.8) is 0 Å². The maximum Gasteiger partial charge on any atom is 0.220 e. The Morgan fingerprint density at radius 3 is 2.62 bits per heavy atom. The van der Waals surface area contributed by atoms with Gasteiger partial charge in [0, 0.05) is 37.5 Å². The van der Waals surface area contributed by atoms with E-state index < -0.39 is 15.6 Å². The highest BCUT2D eigenvalue weighted by atomic mass is 32.2. The third-order valence-corrected chi connectivity index (χ3v) is 8.80. The normalized spacial score (nSPS) is 19.1. The number of likely N-dealkylation sites (tertiary alicyclic amines) is 1. The van der Waals surface area contributed by atoms with Gasteiger partial charge in [-0.05, 0) is 76.4 Å². The molecule has 8 nitrogen and oxygen atoms in total. The van der Waals surface area contributed by atoms with Gasteiger partial charge in [0.05, 0.1) is 5.75 Å². The van der Waals surface area contributed by atoms with E-state index >= 15 is 0 Å². The molecule has 214 valence electrons. The van der Waals surface area contributed by atoms with Gasteiger partial charge < -0.3 is 19.7 Å². The summed E-state index contributed by atoms with van der Waals surface area (Å²) in [6.07, 6.45) is 5.09. The molecular weight excluding hydrogens is 514 g/mol. The van der Waals surface area contributed by atoms with Gasteiger partial charge in [0.1, 0.15) is 23.7 Å². The van der Waals surface area contributed by atoms with E-state index in [4.69, 9.17) is 9.47 Å². The van der Waals surface area contributed by atoms with E-state index in [1.54, 1.807) is 0 Å². The maximum absolute atomic E-state index is 13.0. The van der Waals surface area contributed by atoms with Crippen LogP contribution in [0.4, 0.5) is 0 Å². The molecule has 1 unspecified atom stereocenters. The fourth-order valence-corrected chi connectivity index (χ4v) is 6.79. The van der Waals surface area contributed by atoms with Crippen LogP contribution in [0.1, 0.15) is 69.4 Å². The Hall–Kier alpha value is -2.62. The molecule has 0 spiro atoms. The van der Waals surface area contributed by atoms with Crippen molar-refractivity contribution in [1.29, 1.82) is 0 Å². The number of amides is 1. The van der Waals surface area contributed by atoms with Crippen LogP contribution in [0.15, 0.2) is 48.5 Å². The molecule has 39 heavy (non-hydrogen) atoms. The topological polar surface area (TPSA) is 97.0 Å². The Morgan fingerprint density at radius 2 is 1.85 bits per heavy atom. The van der Waals surface area contributed by atoms with Crippen LogP contribution in [0.5, 0.6) is 11.5 Å². The summed E-state index contributed by atoms with van der Waals surface area (Å²) >= 11 is 0. The summed E-state index contributed by atoms with van der Waals surface area (Å²) < 4.78 is 40.9. The Labute approximate surface area is 233 Å². The summed E-state index contributed by atoms with van der Waals surface area (Å²) in [6.45, 7) is 8.35. The monoisotopic (exact) mass is 557 g/mol. The number of piperidine rings is 1. The van der Waals surface area contributed by atoms with Crippen LogP contribution in [0.2, 0.25) is 0 Å². The maximum atomic E-state index is 13.0.